The molecule has 0 aliphatic heterocycles. The Kier molecular flexibility index (Phi) is 6.03. The number of hydrogen-bond donors (Lipinski definition) is 3. The molecule has 0 saturated heterocycles. The molecule has 0 atom stereocenters. The molecule has 98 valence electrons. The second-order valence-corrected chi connectivity index (χ2v) is 4.26. The molecule has 0 bridgehead atoms. The predicted octanol–water partition coefficient (Wildman–Crippen LogP) is -0.248. The van der Waals surface area contributed by atoms with E-state index in [1.807, 2.05) is 19.0 Å². The summed E-state index contributed by atoms with van der Waals surface area (Å²) in [6.45, 7) is 1.56. The van der Waals surface area contributed by atoms with Gasteiger partial charge in [-0.05, 0) is 38.4 Å². The van der Waals surface area contributed by atoms with Crippen molar-refractivity contribution >= 4 is 23.2 Å². The van der Waals surface area contributed by atoms with Gasteiger partial charge in [0.15, 0.2) is 5.11 Å². The quantitative estimate of drug-likeness (QED) is 0.516. The van der Waals surface area contributed by atoms with E-state index in [-0.39, 0.29) is 5.91 Å². The van der Waals surface area contributed by atoms with Gasteiger partial charge in [0.05, 0.1) is 0 Å². The smallest absolute Gasteiger partial charge is 0.288 e. The van der Waals surface area contributed by atoms with Gasteiger partial charge in [0.25, 0.3) is 5.91 Å². The van der Waals surface area contributed by atoms with Gasteiger partial charge >= 0.3 is 0 Å². The number of pyridine rings is 1. The molecule has 0 saturated carbocycles. The maximum Gasteiger partial charge on any atom is 0.288 e. The number of carbonyl (C=O) groups excluding carboxylic acids is 1. The standard InChI is InChI=1S/C11H17N5OS/c1-16(2)8-7-13-11(18)15-14-10(17)9-5-3-4-6-12-9/h3-6H,7-8H2,1-2H3,(H,14,17)(H2,13,15,18). The Hall–Kier alpha value is -1.73. The third-order valence-electron chi connectivity index (χ3n) is 2.03. The molecule has 0 unspecified atom stereocenters. The first-order valence-electron chi connectivity index (χ1n) is 5.49. The van der Waals surface area contributed by atoms with Crippen molar-refractivity contribution < 1.29 is 4.79 Å². The number of nitrogens with zero attached hydrogens (tertiary/aromatic N) is 2. The summed E-state index contributed by atoms with van der Waals surface area (Å²) in [6, 6.07) is 5.12. The molecular weight excluding hydrogens is 250 g/mol. The van der Waals surface area contributed by atoms with E-state index in [9.17, 15) is 4.79 Å². The van der Waals surface area contributed by atoms with Gasteiger partial charge < -0.3 is 10.2 Å². The lowest BCUT2D eigenvalue weighted by atomic mass is 10.3. The number of amides is 1. The van der Waals surface area contributed by atoms with Crippen LogP contribution in [0.15, 0.2) is 24.4 Å². The van der Waals surface area contributed by atoms with E-state index in [0.717, 1.165) is 6.54 Å². The highest BCUT2D eigenvalue weighted by molar-refractivity contribution is 7.80. The van der Waals surface area contributed by atoms with Gasteiger partial charge in [-0.1, -0.05) is 6.07 Å². The van der Waals surface area contributed by atoms with Crippen LogP contribution in [-0.2, 0) is 0 Å². The van der Waals surface area contributed by atoms with E-state index in [2.05, 4.69) is 21.2 Å². The van der Waals surface area contributed by atoms with Gasteiger partial charge in [0.2, 0.25) is 0 Å². The van der Waals surface area contributed by atoms with Crippen molar-refractivity contribution in [2.45, 2.75) is 0 Å². The molecule has 0 fully saturated rings. The first-order chi connectivity index (χ1) is 8.59. The zero-order valence-corrected chi connectivity index (χ0v) is 11.3. The summed E-state index contributed by atoms with van der Waals surface area (Å²) in [7, 11) is 3.95. The molecule has 0 spiro atoms. The summed E-state index contributed by atoms with van der Waals surface area (Å²) >= 11 is 5.00. The number of hydrogen-bond acceptors (Lipinski definition) is 4. The Morgan fingerprint density at radius 1 is 1.39 bits per heavy atom. The van der Waals surface area contributed by atoms with E-state index >= 15 is 0 Å². The van der Waals surface area contributed by atoms with Crippen molar-refractivity contribution in [1.82, 2.24) is 26.1 Å². The molecule has 1 aromatic heterocycles. The molecule has 1 amide bonds. The minimum atomic E-state index is -0.327. The number of thiocarbonyl (C=S) groups is 1. The van der Waals surface area contributed by atoms with E-state index in [1.54, 1.807) is 24.4 Å². The number of aromatic nitrogens is 1. The molecule has 1 heterocycles. The molecule has 0 aliphatic rings. The second kappa shape index (κ2) is 7.57. The lowest BCUT2D eigenvalue weighted by Gasteiger charge is -2.13. The first kappa shape index (κ1) is 14.3. The van der Waals surface area contributed by atoms with Crippen LogP contribution < -0.4 is 16.2 Å². The molecule has 0 aromatic carbocycles. The largest absolute Gasteiger partial charge is 0.360 e. The van der Waals surface area contributed by atoms with Crippen molar-refractivity contribution in [3.63, 3.8) is 0 Å². The van der Waals surface area contributed by atoms with Crippen molar-refractivity contribution in [1.29, 1.82) is 0 Å². The SMILES string of the molecule is CN(C)CCNC(=S)NNC(=O)c1ccccn1. The Morgan fingerprint density at radius 3 is 2.78 bits per heavy atom. The number of likely N-dealkylation sites (N-methyl/N-ethyl adjacent to an activating group) is 1. The summed E-state index contributed by atoms with van der Waals surface area (Å²) in [6.07, 6.45) is 1.56. The Balaban J connectivity index is 2.24. The summed E-state index contributed by atoms with van der Waals surface area (Å²) in [5, 5.41) is 3.34. The van der Waals surface area contributed by atoms with E-state index < -0.39 is 0 Å². The van der Waals surface area contributed by atoms with Crippen LogP contribution in [0.25, 0.3) is 0 Å². The van der Waals surface area contributed by atoms with Crippen LogP contribution in [0.1, 0.15) is 10.5 Å². The number of carbonyl (C=O) groups is 1. The van der Waals surface area contributed by atoms with Crippen LogP contribution in [-0.4, -0.2) is 48.1 Å². The average molecular weight is 267 g/mol. The third-order valence-corrected chi connectivity index (χ3v) is 2.28. The van der Waals surface area contributed by atoms with Crippen LogP contribution in [0, 0.1) is 0 Å². The average Bonchev–Trinajstić information content (AvgIpc) is 2.36. The molecule has 0 radical (unpaired) electrons. The van der Waals surface area contributed by atoms with Crippen LogP contribution in [0.5, 0.6) is 0 Å². The number of hydrazine groups is 1. The zero-order valence-electron chi connectivity index (χ0n) is 10.4. The lowest BCUT2D eigenvalue weighted by molar-refractivity contribution is 0.0938. The fraction of sp³-hybridized carbons (Fsp3) is 0.364. The second-order valence-electron chi connectivity index (χ2n) is 3.85. The van der Waals surface area contributed by atoms with Crippen molar-refractivity contribution in [2.75, 3.05) is 27.2 Å². The Labute approximate surface area is 112 Å². The summed E-state index contributed by atoms with van der Waals surface area (Å²) in [5.41, 5.74) is 5.42. The molecule has 1 rings (SSSR count). The monoisotopic (exact) mass is 267 g/mol. The van der Waals surface area contributed by atoms with Crippen LogP contribution in [0.3, 0.4) is 0 Å². The molecule has 6 nitrogen and oxygen atoms in total. The summed E-state index contributed by atoms with van der Waals surface area (Å²) in [5.74, 6) is -0.327. The molecule has 18 heavy (non-hydrogen) atoms. The topological polar surface area (TPSA) is 69.3 Å². The van der Waals surface area contributed by atoms with Crippen molar-refractivity contribution in [3.8, 4) is 0 Å². The van der Waals surface area contributed by atoms with Gasteiger partial charge in [0, 0.05) is 19.3 Å². The molecule has 0 aliphatic carbocycles. The van der Waals surface area contributed by atoms with Gasteiger partial charge in [0.1, 0.15) is 5.69 Å². The molecule has 7 heteroatoms. The van der Waals surface area contributed by atoms with E-state index in [1.165, 1.54) is 0 Å². The highest BCUT2D eigenvalue weighted by Gasteiger charge is 2.05. The normalized spacial score (nSPS) is 9.94. The Morgan fingerprint density at radius 2 is 2.17 bits per heavy atom. The molecule has 1 aromatic rings. The van der Waals surface area contributed by atoms with E-state index in [0.29, 0.717) is 17.4 Å². The summed E-state index contributed by atoms with van der Waals surface area (Å²) in [4.78, 5) is 17.5. The predicted molar refractivity (Wildman–Crippen MR) is 74.0 cm³/mol. The van der Waals surface area contributed by atoms with Gasteiger partial charge in [-0.3, -0.25) is 20.6 Å². The van der Waals surface area contributed by atoms with Crippen LogP contribution >= 0.6 is 12.2 Å². The molecule has 3 N–H and O–H groups in total. The maximum atomic E-state index is 11.6. The fourth-order valence-electron chi connectivity index (χ4n) is 1.11. The highest BCUT2D eigenvalue weighted by atomic mass is 32.1. The van der Waals surface area contributed by atoms with Gasteiger partial charge in [-0.15, -0.1) is 0 Å². The highest BCUT2D eigenvalue weighted by Crippen LogP contribution is 1.91. The summed E-state index contributed by atoms with van der Waals surface area (Å²) < 4.78 is 0. The first-order valence-corrected chi connectivity index (χ1v) is 5.90. The number of nitrogens with one attached hydrogen (secondary N) is 3. The van der Waals surface area contributed by atoms with Crippen LogP contribution in [0.4, 0.5) is 0 Å². The number of rotatable bonds is 4. The third kappa shape index (κ3) is 5.55. The van der Waals surface area contributed by atoms with Gasteiger partial charge in [-0.25, -0.2) is 0 Å². The Bertz CT molecular complexity index is 396. The fourth-order valence-corrected chi connectivity index (χ4v) is 1.26. The van der Waals surface area contributed by atoms with Gasteiger partial charge in [-0.2, -0.15) is 0 Å². The van der Waals surface area contributed by atoms with Crippen molar-refractivity contribution in [2.24, 2.45) is 0 Å². The minimum absolute atomic E-state index is 0.327. The van der Waals surface area contributed by atoms with E-state index in [4.69, 9.17) is 12.2 Å². The molecular formula is C11H17N5OS. The maximum absolute atomic E-state index is 11.6. The van der Waals surface area contributed by atoms with Crippen molar-refractivity contribution in [3.05, 3.63) is 30.1 Å². The zero-order chi connectivity index (χ0) is 13.4. The lowest BCUT2D eigenvalue weighted by Crippen LogP contribution is -2.48. The van der Waals surface area contributed by atoms with Crippen LogP contribution in [0.2, 0.25) is 0 Å². The minimum Gasteiger partial charge on any atom is -0.360 e.